The first-order valence-corrected chi connectivity index (χ1v) is 7.32. The number of rotatable bonds is 4. The summed E-state index contributed by atoms with van der Waals surface area (Å²) in [6.45, 7) is 0. The molecule has 5 nitrogen and oxygen atoms in total. The molecule has 1 aromatic heterocycles. The van der Waals surface area contributed by atoms with Crippen LogP contribution in [0.3, 0.4) is 0 Å². The molecule has 0 bridgehead atoms. The lowest BCUT2D eigenvalue weighted by atomic mass is 9.98. The summed E-state index contributed by atoms with van der Waals surface area (Å²) in [4.78, 5) is 0. The molecule has 5 heteroatoms. The number of aromatic nitrogens is 2. The van der Waals surface area contributed by atoms with Gasteiger partial charge in [0.1, 0.15) is 5.52 Å². The Kier molecular flexibility index (Phi) is 3.63. The molecule has 0 saturated carbocycles. The lowest BCUT2D eigenvalue weighted by Gasteiger charge is -2.17. The van der Waals surface area contributed by atoms with Crippen LogP contribution in [-0.2, 0) is 7.05 Å². The number of benzene rings is 2. The van der Waals surface area contributed by atoms with Crippen molar-refractivity contribution in [3.8, 4) is 11.1 Å². The average Bonchev–Trinajstić information content (AvgIpc) is 2.93. The van der Waals surface area contributed by atoms with Gasteiger partial charge in [-0.25, -0.2) is 0 Å². The quantitative estimate of drug-likeness (QED) is 0.691. The van der Waals surface area contributed by atoms with E-state index >= 15 is 0 Å². The van der Waals surface area contributed by atoms with Crippen molar-refractivity contribution in [1.29, 1.82) is 0 Å². The van der Waals surface area contributed by atoms with E-state index in [1.807, 2.05) is 39.1 Å². The van der Waals surface area contributed by atoms with Gasteiger partial charge >= 0.3 is 0 Å². The molecule has 0 saturated heterocycles. The highest BCUT2D eigenvalue weighted by Crippen LogP contribution is 2.40. The van der Waals surface area contributed by atoms with Gasteiger partial charge in [0.15, 0.2) is 0 Å². The number of anilines is 3. The minimum absolute atomic E-state index is 1.01. The Hall–Kier alpha value is -2.69. The number of hydrogen-bond donors (Lipinski definition) is 3. The Morgan fingerprint density at radius 1 is 0.955 bits per heavy atom. The third-order valence-electron chi connectivity index (χ3n) is 3.89. The number of aryl methyl sites for hydroxylation is 1. The van der Waals surface area contributed by atoms with Crippen LogP contribution in [0.2, 0.25) is 0 Å². The predicted molar refractivity (Wildman–Crippen MR) is 94.8 cm³/mol. The summed E-state index contributed by atoms with van der Waals surface area (Å²) in [5, 5.41) is 15.6. The van der Waals surface area contributed by atoms with Gasteiger partial charge in [0.25, 0.3) is 0 Å². The lowest BCUT2D eigenvalue weighted by Crippen LogP contribution is -2.01. The Bertz CT molecular complexity index is 794. The SMILES string of the molecule is CNc1cc(NC)c(-c2cccc3cn(C)nc23)c(NC)c1. The van der Waals surface area contributed by atoms with E-state index in [4.69, 9.17) is 0 Å². The van der Waals surface area contributed by atoms with E-state index in [-0.39, 0.29) is 0 Å². The highest BCUT2D eigenvalue weighted by atomic mass is 15.2. The third kappa shape index (κ3) is 2.24. The molecule has 1 heterocycles. The maximum absolute atomic E-state index is 4.63. The number of fused-ring (bicyclic) bond motifs is 1. The second-order valence-electron chi connectivity index (χ2n) is 5.24. The molecule has 114 valence electrons. The van der Waals surface area contributed by atoms with Gasteiger partial charge in [-0.1, -0.05) is 18.2 Å². The molecule has 0 atom stereocenters. The van der Waals surface area contributed by atoms with Crippen LogP contribution in [0.4, 0.5) is 17.1 Å². The first-order chi connectivity index (χ1) is 10.7. The van der Waals surface area contributed by atoms with Gasteiger partial charge in [0, 0.05) is 68.0 Å². The fourth-order valence-electron chi connectivity index (χ4n) is 2.84. The van der Waals surface area contributed by atoms with Crippen molar-refractivity contribution in [3.63, 3.8) is 0 Å². The molecule has 0 fully saturated rings. The lowest BCUT2D eigenvalue weighted by molar-refractivity contribution is 0.780. The van der Waals surface area contributed by atoms with Crippen molar-refractivity contribution in [3.05, 3.63) is 36.5 Å². The van der Waals surface area contributed by atoms with Crippen LogP contribution in [0.1, 0.15) is 0 Å². The van der Waals surface area contributed by atoms with E-state index in [9.17, 15) is 0 Å². The van der Waals surface area contributed by atoms with Crippen molar-refractivity contribution in [2.24, 2.45) is 7.05 Å². The van der Waals surface area contributed by atoms with Gasteiger partial charge < -0.3 is 16.0 Å². The molecule has 22 heavy (non-hydrogen) atoms. The molecular formula is C17H21N5. The molecule has 0 aliphatic heterocycles. The van der Waals surface area contributed by atoms with Crippen LogP contribution < -0.4 is 16.0 Å². The Morgan fingerprint density at radius 2 is 1.64 bits per heavy atom. The Balaban J connectivity index is 2.34. The van der Waals surface area contributed by atoms with Crippen LogP contribution >= 0.6 is 0 Å². The van der Waals surface area contributed by atoms with Gasteiger partial charge in [0.05, 0.1) is 0 Å². The summed E-state index contributed by atoms with van der Waals surface area (Å²) >= 11 is 0. The molecule has 0 amide bonds. The van der Waals surface area contributed by atoms with Crippen LogP contribution in [0.5, 0.6) is 0 Å². The van der Waals surface area contributed by atoms with Crippen LogP contribution in [-0.4, -0.2) is 30.9 Å². The van der Waals surface area contributed by atoms with E-state index in [1.54, 1.807) is 0 Å². The summed E-state index contributed by atoms with van der Waals surface area (Å²) < 4.78 is 1.86. The fraction of sp³-hybridized carbons (Fsp3) is 0.235. The highest BCUT2D eigenvalue weighted by Gasteiger charge is 2.15. The van der Waals surface area contributed by atoms with Crippen molar-refractivity contribution >= 4 is 28.0 Å². The molecule has 0 aliphatic rings. The minimum Gasteiger partial charge on any atom is -0.388 e. The normalized spacial score (nSPS) is 10.7. The highest BCUT2D eigenvalue weighted by molar-refractivity contribution is 6.02. The second-order valence-corrected chi connectivity index (χ2v) is 5.24. The van der Waals surface area contributed by atoms with E-state index in [0.717, 1.165) is 39.1 Å². The van der Waals surface area contributed by atoms with E-state index in [0.29, 0.717) is 0 Å². The van der Waals surface area contributed by atoms with Gasteiger partial charge in [-0.3, -0.25) is 4.68 Å². The Morgan fingerprint density at radius 3 is 2.23 bits per heavy atom. The van der Waals surface area contributed by atoms with Gasteiger partial charge in [-0.05, 0) is 12.1 Å². The zero-order chi connectivity index (χ0) is 15.7. The molecule has 0 aliphatic carbocycles. The molecule has 0 unspecified atom stereocenters. The van der Waals surface area contributed by atoms with Crippen LogP contribution in [0.15, 0.2) is 36.5 Å². The molecule has 3 N–H and O–H groups in total. The van der Waals surface area contributed by atoms with Crippen molar-refractivity contribution in [2.45, 2.75) is 0 Å². The van der Waals surface area contributed by atoms with E-state index in [1.165, 1.54) is 0 Å². The standard InChI is InChI=1S/C17H21N5/c1-18-12-8-14(19-2)16(15(9-12)20-3)13-7-5-6-11-10-22(4)21-17(11)13/h5-10,18-20H,1-4H3. The number of nitrogens with one attached hydrogen (secondary N) is 3. The van der Waals surface area contributed by atoms with Crippen molar-refractivity contribution < 1.29 is 0 Å². The summed E-state index contributed by atoms with van der Waals surface area (Å²) in [5.41, 5.74) is 6.45. The maximum atomic E-state index is 4.63. The van der Waals surface area contributed by atoms with Crippen molar-refractivity contribution in [2.75, 3.05) is 37.1 Å². The van der Waals surface area contributed by atoms with E-state index < -0.39 is 0 Å². The molecule has 3 rings (SSSR count). The Labute approximate surface area is 130 Å². The summed E-state index contributed by atoms with van der Waals surface area (Å²) in [7, 11) is 7.76. The van der Waals surface area contributed by atoms with Gasteiger partial charge in [0.2, 0.25) is 0 Å². The number of nitrogens with zero attached hydrogens (tertiary/aromatic N) is 2. The molecule has 2 aromatic carbocycles. The number of hydrogen-bond acceptors (Lipinski definition) is 4. The summed E-state index contributed by atoms with van der Waals surface area (Å²) in [5.74, 6) is 0. The van der Waals surface area contributed by atoms with Crippen LogP contribution in [0.25, 0.3) is 22.0 Å². The zero-order valence-electron chi connectivity index (χ0n) is 13.4. The largest absolute Gasteiger partial charge is 0.388 e. The van der Waals surface area contributed by atoms with Crippen molar-refractivity contribution in [1.82, 2.24) is 9.78 Å². The third-order valence-corrected chi connectivity index (χ3v) is 3.89. The van der Waals surface area contributed by atoms with Gasteiger partial charge in [-0.15, -0.1) is 0 Å². The smallest absolute Gasteiger partial charge is 0.100 e. The molecule has 0 radical (unpaired) electrons. The first kappa shape index (κ1) is 14.3. The van der Waals surface area contributed by atoms with E-state index in [2.05, 4.69) is 51.4 Å². The minimum atomic E-state index is 1.01. The van der Waals surface area contributed by atoms with Crippen LogP contribution in [0, 0.1) is 0 Å². The molecule has 0 spiro atoms. The molecular weight excluding hydrogens is 274 g/mol. The van der Waals surface area contributed by atoms with Gasteiger partial charge in [-0.2, -0.15) is 5.10 Å². The zero-order valence-corrected chi connectivity index (χ0v) is 13.4. The summed E-state index contributed by atoms with van der Waals surface area (Å²) in [6, 6.07) is 10.5. The summed E-state index contributed by atoms with van der Waals surface area (Å²) in [6.07, 6.45) is 2.04. The monoisotopic (exact) mass is 295 g/mol. The fourth-order valence-corrected chi connectivity index (χ4v) is 2.84. The molecule has 3 aromatic rings. The maximum Gasteiger partial charge on any atom is 0.100 e. The average molecular weight is 295 g/mol. The first-order valence-electron chi connectivity index (χ1n) is 7.32. The second kappa shape index (κ2) is 5.60. The topological polar surface area (TPSA) is 53.9 Å². The predicted octanol–water partition coefficient (Wildman–Crippen LogP) is 3.37.